The molecule has 3 heteroatoms. The molecule has 0 fully saturated rings. The molecule has 0 spiro atoms. The molecule has 0 saturated carbocycles. The van der Waals surface area contributed by atoms with E-state index in [9.17, 15) is 0 Å². The van der Waals surface area contributed by atoms with Crippen molar-refractivity contribution in [3.63, 3.8) is 0 Å². The minimum atomic E-state index is 0.894. The molecular formula is C16H21N3. The third-order valence-corrected chi connectivity index (χ3v) is 3.20. The van der Waals surface area contributed by atoms with Gasteiger partial charge in [-0.2, -0.15) is 0 Å². The molecule has 2 aromatic rings. The molecule has 0 aliphatic rings. The normalized spacial score (nSPS) is 10.8. The molecule has 1 aromatic heterocycles. The Balaban J connectivity index is 1.75. The van der Waals surface area contributed by atoms with Gasteiger partial charge in [-0.3, -0.25) is 4.98 Å². The fourth-order valence-electron chi connectivity index (χ4n) is 2.15. The van der Waals surface area contributed by atoms with Gasteiger partial charge in [0.1, 0.15) is 0 Å². The zero-order valence-electron chi connectivity index (χ0n) is 11.4. The highest BCUT2D eigenvalue weighted by molar-refractivity contribution is 5.46. The molecule has 2 N–H and O–H groups in total. The van der Waals surface area contributed by atoms with Crippen LogP contribution in [0.25, 0.3) is 0 Å². The lowest BCUT2D eigenvalue weighted by Gasteiger charge is -2.16. The van der Waals surface area contributed by atoms with E-state index in [-0.39, 0.29) is 0 Å². The van der Waals surface area contributed by atoms with Crippen LogP contribution in [0.2, 0.25) is 0 Å². The van der Waals surface area contributed by atoms with Crippen molar-refractivity contribution in [2.45, 2.75) is 19.4 Å². The maximum absolute atomic E-state index is 5.94. The molecule has 2 rings (SSSR count). The summed E-state index contributed by atoms with van der Waals surface area (Å²) in [5, 5.41) is 0. The molecule has 0 bridgehead atoms. The van der Waals surface area contributed by atoms with E-state index < -0.39 is 0 Å². The number of aromatic nitrogens is 1. The van der Waals surface area contributed by atoms with E-state index >= 15 is 0 Å². The number of benzene rings is 1. The Bertz CT molecular complexity index is 496. The van der Waals surface area contributed by atoms with Crippen molar-refractivity contribution >= 4 is 5.69 Å². The summed E-state index contributed by atoms with van der Waals surface area (Å²) < 4.78 is 0. The van der Waals surface area contributed by atoms with E-state index in [0.717, 1.165) is 37.3 Å². The Morgan fingerprint density at radius 1 is 1.11 bits per heavy atom. The van der Waals surface area contributed by atoms with Crippen molar-refractivity contribution in [1.29, 1.82) is 0 Å². The van der Waals surface area contributed by atoms with Crippen molar-refractivity contribution in [1.82, 2.24) is 9.88 Å². The molecular weight excluding hydrogens is 234 g/mol. The molecule has 1 heterocycles. The van der Waals surface area contributed by atoms with E-state index in [1.807, 2.05) is 36.5 Å². The highest BCUT2D eigenvalue weighted by Crippen LogP contribution is 2.13. The monoisotopic (exact) mass is 255 g/mol. The largest absolute Gasteiger partial charge is 0.399 e. The molecule has 0 saturated heterocycles. The zero-order chi connectivity index (χ0) is 13.5. The van der Waals surface area contributed by atoms with Gasteiger partial charge in [-0.1, -0.05) is 24.3 Å². The second kappa shape index (κ2) is 6.90. The molecule has 0 atom stereocenters. The van der Waals surface area contributed by atoms with Crippen molar-refractivity contribution < 1.29 is 0 Å². The average molecular weight is 255 g/mol. The molecule has 0 aliphatic heterocycles. The lowest BCUT2D eigenvalue weighted by Crippen LogP contribution is -2.20. The molecule has 1 aromatic carbocycles. The predicted molar refractivity (Wildman–Crippen MR) is 79.7 cm³/mol. The van der Waals surface area contributed by atoms with Crippen LogP contribution in [-0.2, 0) is 13.0 Å². The summed E-state index contributed by atoms with van der Waals surface area (Å²) in [4.78, 5) is 6.63. The first-order valence-corrected chi connectivity index (χ1v) is 6.67. The molecule has 0 radical (unpaired) electrons. The van der Waals surface area contributed by atoms with Crippen LogP contribution >= 0.6 is 0 Å². The second-order valence-electron chi connectivity index (χ2n) is 4.86. The van der Waals surface area contributed by atoms with Crippen LogP contribution in [0.4, 0.5) is 5.69 Å². The number of nitrogens with two attached hydrogens (primary N) is 1. The van der Waals surface area contributed by atoms with Crippen molar-refractivity contribution in [3.05, 3.63) is 59.9 Å². The number of para-hydroxylation sites is 1. The first-order chi connectivity index (χ1) is 9.25. The van der Waals surface area contributed by atoms with Crippen LogP contribution in [-0.4, -0.2) is 23.5 Å². The van der Waals surface area contributed by atoms with Gasteiger partial charge in [0.25, 0.3) is 0 Å². The van der Waals surface area contributed by atoms with Crippen LogP contribution in [0.1, 0.15) is 17.7 Å². The van der Waals surface area contributed by atoms with Gasteiger partial charge in [0.2, 0.25) is 0 Å². The smallest absolute Gasteiger partial charge is 0.0543 e. The molecule has 100 valence electrons. The fourth-order valence-corrected chi connectivity index (χ4v) is 2.15. The summed E-state index contributed by atoms with van der Waals surface area (Å²) in [6.45, 7) is 1.94. The SMILES string of the molecule is CN(CCCc1ccccc1N)Cc1ccccn1. The summed E-state index contributed by atoms with van der Waals surface area (Å²) in [7, 11) is 2.13. The first-order valence-electron chi connectivity index (χ1n) is 6.67. The predicted octanol–water partition coefficient (Wildman–Crippen LogP) is 2.73. The number of nitrogens with zero attached hydrogens (tertiary/aromatic N) is 2. The number of hydrogen-bond acceptors (Lipinski definition) is 3. The third kappa shape index (κ3) is 4.38. The number of pyridine rings is 1. The second-order valence-corrected chi connectivity index (χ2v) is 4.86. The highest BCUT2D eigenvalue weighted by atomic mass is 15.1. The van der Waals surface area contributed by atoms with Crippen molar-refractivity contribution in [2.75, 3.05) is 19.3 Å². The van der Waals surface area contributed by atoms with Gasteiger partial charge in [0, 0.05) is 18.4 Å². The standard InChI is InChI=1S/C16H21N3/c1-19(13-15-9-4-5-11-18-15)12-6-8-14-7-2-3-10-16(14)17/h2-5,7,9-11H,6,8,12-13,17H2,1H3. The van der Waals surface area contributed by atoms with Gasteiger partial charge in [0.05, 0.1) is 5.69 Å². The van der Waals surface area contributed by atoms with Crippen LogP contribution < -0.4 is 5.73 Å². The summed E-state index contributed by atoms with van der Waals surface area (Å²) in [5.41, 5.74) is 9.19. The Kier molecular flexibility index (Phi) is 4.93. The van der Waals surface area contributed by atoms with Gasteiger partial charge < -0.3 is 10.6 Å². The number of anilines is 1. The van der Waals surface area contributed by atoms with E-state index in [2.05, 4.69) is 29.1 Å². The van der Waals surface area contributed by atoms with Gasteiger partial charge in [0.15, 0.2) is 0 Å². The number of hydrogen-bond donors (Lipinski definition) is 1. The van der Waals surface area contributed by atoms with Crippen molar-refractivity contribution in [2.24, 2.45) is 0 Å². The Hall–Kier alpha value is -1.87. The number of aryl methyl sites for hydroxylation is 1. The number of rotatable bonds is 6. The summed E-state index contributed by atoms with van der Waals surface area (Å²) >= 11 is 0. The Morgan fingerprint density at radius 2 is 1.89 bits per heavy atom. The molecule has 0 aliphatic carbocycles. The topological polar surface area (TPSA) is 42.1 Å². The molecule has 0 amide bonds. The van der Waals surface area contributed by atoms with Crippen LogP contribution in [0, 0.1) is 0 Å². The van der Waals surface area contributed by atoms with E-state index in [4.69, 9.17) is 5.73 Å². The minimum Gasteiger partial charge on any atom is -0.399 e. The van der Waals surface area contributed by atoms with Gasteiger partial charge in [-0.25, -0.2) is 0 Å². The van der Waals surface area contributed by atoms with Gasteiger partial charge >= 0.3 is 0 Å². The number of nitrogen functional groups attached to an aromatic ring is 1. The maximum Gasteiger partial charge on any atom is 0.0543 e. The van der Waals surface area contributed by atoms with E-state index in [1.54, 1.807) is 0 Å². The fraction of sp³-hybridized carbons (Fsp3) is 0.312. The molecule has 0 unspecified atom stereocenters. The minimum absolute atomic E-state index is 0.894. The highest BCUT2D eigenvalue weighted by Gasteiger charge is 2.02. The van der Waals surface area contributed by atoms with E-state index in [1.165, 1.54) is 5.56 Å². The van der Waals surface area contributed by atoms with Crippen LogP contribution in [0.15, 0.2) is 48.7 Å². The molecule has 19 heavy (non-hydrogen) atoms. The lowest BCUT2D eigenvalue weighted by molar-refractivity contribution is 0.318. The van der Waals surface area contributed by atoms with E-state index in [0.29, 0.717) is 0 Å². The quantitative estimate of drug-likeness (QED) is 0.807. The summed E-state index contributed by atoms with van der Waals surface area (Å²) in [6, 6.07) is 14.1. The zero-order valence-corrected chi connectivity index (χ0v) is 11.4. The summed E-state index contributed by atoms with van der Waals surface area (Å²) in [5.74, 6) is 0. The maximum atomic E-state index is 5.94. The van der Waals surface area contributed by atoms with Gasteiger partial charge in [-0.05, 0) is 50.2 Å². The third-order valence-electron chi connectivity index (χ3n) is 3.20. The molecule has 3 nitrogen and oxygen atoms in total. The van der Waals surface area contributed by atoms with Gasteiger partial charge in [-0.15, -0.1) is 0 Å². The average Bonchev–Trinajstić information content (AvgIpc) is 2.42. The van der Waals surface area contributed by atoms with Crippen LogP contribution in [0.3, 0.4) is 0 Å². The first kappa shape index (κ1) is 13.6. The summed E-state index contributed by atoms with van der Waals surface area (Å²) in [6.07, 6.45) is 3.98. The van der Waals surface area contributed by atoms with Crippen LogP contribution in [0.5, 0.6) is 0 Å². The van der Waals surface area contributed by atoms with Crippen molar-refractivity contribution in [3.8, 4) is 0 Å². The Morgan fingerprint density at radius 3 is 2.63 bits per heavy atom. The Labute approximate surface area is 115 Å². The lowest BCUT2D eigenvalue weighted by atomic mass is 10.1.